The Labute approximate surface area is 132 Å². The number of ketones is 2. The molecule has 0 aliphatic carbocycles. The summed E-state index contributed by atoms with van der Waals surface area (Å²) >= 11 is 0. The zero-order valence-corrected chi connectivity index (χ0v) is 12.7. The van der Waals surface area contributed by atoms with Crippen LogP contribution < -0.4 is 4.74 Å². The van der Waals surface area contributed by atoms with E-state index in [1.165, 1.54) is 38.1 Å². The van der Waals surface area contributed by atoms with E-state index >= 15 is 0 Å². The molecule has 0 spiro atoms. The zero-order valence-electron chi connectivity index (χ0n) is 12.7. The van der Waals surface area contributed by atoms with Gasteiger partial charge in [0.25, 0.3) is 0 Å². The first kappa shape index (κ1) is 20.3. The number of carboxylic acids is 1. The maximum absolute atomic E-state index is 11.2. The minimum atomic E-state index is -1.75. The summed E-state index contributed by atoms with van der Waals surface area (Å²) in [6.07, 6.45) is -2.41. The SMILES string of the molecule is CC(=O)CC(C)=O.O=C(O)CC(O)C(=O)Oc1ccccc1O. The van der Waals surface area contributed by atoms with Gasteiger partial charge in [0.2, 0.25) is 0 Å². The Balaban J connectivity index is 0.000000585. The van der Waals surface area contributed by atoms with Crippen LogP contribution in [0.25, 0.3) is 0 Å². The Morgan fingerprint density at radius 2 is 1.61 bits per heavy atom. The highest BCUT2D eigenvalue weighted by molar-refractivity contribution is 5.96. The smallest absolute Gasteiger partial charge is 0.341 e. The predicted molar refractivity (Wildman–Crippen MR) is 78.0 cm³/mol. The molecule has 3 N–H and O–H groups in total. The molecule has 1 unspecified atom stereocenters. The van der Waals surface area contributed by atoms with Gasteiger partial charge in [-0.1, -0.05) is 12.1 Å². The van der Waals surface area contributed by atoms with E-state index in [1.807, 2.05) is 0 Å². The van der Waals surface area contributed by atoms with E-state index in [9.17, 15) is 24.3 Å². The van der Waals surface area contributed by atoms with Crippen molar-refractivity contribution in [2.24, 2.45) is 0 Å². The molecule has 0 aliphatic heterocycles. The summed E-state index contributed by atoms with van der Waals surface area (Å²) in [4.78, 5) is 41.4. The number of aromatic hydroxyl groups is 1. The lowest BCUT2D eigenvalue weighted by atomic mass is 10.2. The summed E-state index contributed by atoms with van der Waals surface area (Å²) in [5, 5.41) is 26.7. The van der Waals surface area contributed by atoms with E-state index < -0.39 is 24.5 Å². The molecule has 1 atom stereocenters. The number of hydrogen-bond acceptors (Lipinski definition) is 7. The highest BCUT2D eigenvalue weighted by Crippen LogP contribution is 2.24. The van der Waals surface area contributed by atoms with Crippen LogP contribution >= 0.6 is 0 Å². The Kier molecular flexibility index (Phi) is 8.87. The van der Waals surface area contributed by atoms with Gasteiger partial charge in [-0.2, -0.15) is 0 Å². The number of carbonyl (C=O) groups is 4. The number of ether oxygens (including phenoxy) is 1. The number of rotatable bonds is 6. The fourth-order valence-corrected chi connectivity index (χ4v) is 1.32. The van der Waals surface area contributed by atoms with E-state index in [1.54, 1.807) is 0 Å². The number of benzene rings is 1. The monoisotopic (exact) mass is 326 g/mol. The second kappa shape index (κ2) is 10.1. The normalized spacial score (nSPS) is 10.7. The standard InChI is InChI=1S/C10H10O6.C5H8O2/c11-6-3-1-2-4-8(6)16-10(15)7(12)5-9(13)14;1-4(6)3-5(2)7/h1-4,7,11-12H,5H2,(H,13,14);3H2,1-2H3. The molecular weight excluding hydrogens is 308 g/mol. The quantitative estimate of drug-likeness (QED) is 0.394. The number of para-hydroxylation sites is 2. The summed E-state index contributed by atoms with van der Waals surface area (Å²) in [6, 6.07) is 5.67. The lowest BCUT2D eigenvalue weighted by Gasteiger charge is -2.09. The van der Waals surface area contributed by atoms with Gasteiger partial charge in [0.05, 0.1) is 12.8 Å². The molecule has 0 bridgehead atoms. The fraction of sp³-hybridized carbons (Fsp3) is 0.333. The zero-order chi connectivity index (χ0) is 18.0. The molecule has 0 saturated heterocycles. The molecular formula is C15H18O8. The minimum Gasteiger partial charge on any atom is -0.504 e. The molecule has 1 rings (SSSR count). The molecule has 0 amide bonds. The molecule has 8 heteroatoms. The largest absolute Gasteiger partial charge is 0.504 e. The number of phenolic OH excluding ortho intramolecular Hbond substituents is 1. The van der Waals surface area contributed by atoms with Gasteiger partial charge in [0.1, 0.15) is 11.6 Å². The molecule has 1 aromatic rings. The number of hydrogen-bond donors (Lipinski definition) is 3. The summed E-state index contributed by atoms with van der Waals surface area (Å²) < 4.78 is 4.61. The van der Waals surface area contributed by atoms with Crippen LogP contribution in [0.3, 0.4) is 0 Å². The summed E-state index contributed by atoms with van der Waals surface area (Å²) in [5.74, 6) is -2.96. The third kappa shape index (κ3) is 9.75. The van der Waals surface area contributed by atoms with Gasteiger partial charge < -0.3 is 20.1 Å². The van der Waals surface area contributed by atoms with Gasteiger partial charge >= 0.3 is 11.9 Å². The van der Waals surface area contributed by atoms with Crippen LogP contribution in [0.5, 0.6) is 11.5 Å². The van der Waals surface area contributed by atoms with Gasteiger partial charge in [0, 0.05) is 0 Å². The molecule has 0 fully saturated rings. The second-order valence-corrected chi connectivity index (χ2v) is 4.58. The van der Waals surface area contributed by atoms with Crippen LogP contribution in [0.2, 0.25) is 0 Å². The fourth-order valence-electron chi connectivity index (χ4n) is 1.32. The van der Waals surface area contributed by atoms with Crippen molar-refractivity contribution in [1.29, 1.82) is 0 Å². The predicted octanol–water partition coefficient (Wildman–Crippen LogP) is 0.688. The molecule has 0 aromatic heterocycles. The van der Waals surface area contributed by atoms with E-state index in [0.717, 1.165) is 0 Å². The van der Waals surface area contributed by atoms with E-state index in [0.29, 0.717) is 0 Å². The molecule has 0 aliphatic rings. The van der Waals surface area contributed by atoms with Gasteiger partial charge in [-0.15, -0.1) is 0 Å². The Hall–Kier alpha value is -2.74. The summed E-state index contributed by atoms with van der Waals surface area (Å²) in [6.45, 7) is 2.81. The number of aliphatic carboxylic acids is 1. The first-order valence-electron chi connectivity index (χ1n) is 6.52. The average Bonchev–Trinajstić information content (AvgIpc) is 2.39. The van der Waals surface area contributed by atoms with Gasteiger partial charge in [-0.05, 0) is 26.0 Å². The van der Waals surface area contributed by atoms with E-state index in [4.69, 9.17) is 10.2 Å². The second-order valence-electron chi connectivity index (χ2n) is 4.58. The van der Waals surface area contributed by atoms with Crippen LogP contribution in [-0.2, 0) is 19.2 Å². The number of carbonyl (C=O) groups excluding carboxylic acids is 3. The van der Waals surface area contributed by atoms with Gasteiger partial charge in [-0.3, -0.25) is 14.4 Å². The van der Waals surface area contributed by atoms with Crippen LogP contribution in [0.1, 0.15) is 26.7 Å². The molecule has 0 heterocycles. The summed E-state index contributed by atoms with van der Waals surface area (Å²) in [7, 11) is 0. The average molecular weight is 326 g/mol. The molecule has 126 valence electrons. The van der Waals surface area contributed by atoms with Crippen LogP contribution in [-0.4, -0.2) is 44.9 Å². The lowest BCUT2D eigenvalue weighted by molar-refractivity contribution is -0.151. The first-order chi connectivity index (χ1) is 10.6. The number of aliphatic hydroxyl groups is 1. The minimum absolute atomic E-state index is 0.0625. The Bertz CT molecular complexity index is 567. The number of aliphatic hydroxyl groups excluding tert-OH is 1. The van der Waals surface area contributed by atoms with Crippen molar-refractivity contribution in [3.8, 4) is 11.5 Å². The topological polar surface area (TPSA) is 138 Å². The maximum atomic E-state index is 11.2. The molecule has 0 saturated carbocycles. The number of carboxylic acid groups (broad SMARTS) is 1. The van der Waals surface area contributed by atoms with Crippen molar-refractivity contribution in [3.63, 3.8) is 0 Å². The Morgan fingerprint density at radius 3 is 2.00 bits per heavy atom. The highest BCUT2D eigenvalue weighted by atomic mass is 16.6. The third-order valence-electron chi connectivity index (χ3n) is 2.21. The van der Waals surface area contributed by atoms with Crippen molar-refractivity contribution in [3.05, 3.63) is 24.3 Å². The van der Waals surface area contributed by atoms with Crippen LogP contribution in [0.4, 0.5) is 0 Å². The van der Waals surface area contributed by atoms with Crippen LogP contribution in [0.15, 0.2) is 24.3 Å². The molecule has 8 nitrogen and oxygen atoms in total. The van der Waals surface area contributed by atoms with Crippen molar-refractivity contribution >= 4 is 23.5 Å². The number of Topliss-reactive ketones (excluding diaryl/α,β-unsaturated/α-hetero) is 2. The Morgan fingerprint density at radius 1 is 1.09 bits per heavy atom. The van der Waals surface area contributed by atoms with E-state index in [-0.39, 0.29) is 29.5 Å². The summed E-state index contributed by atoms with van der Waals surface area (Å²) in [5.41, 5.74) is 0. The maximum Gasteiger partial charge on any atom is 0.341 e. The highest BCUT2D eigenvalue weighted by Gasteiger charge is 2.21. The van der Waals surface area contributed by atoms with E-state index in [2.05, 4.69) is 4.74 Å². The van der Waals surface area contributed by atoms with Crippen molar-refractivity contribution in [1.82, 2.24) is 0 Å². The lowest BCUT2D eigenvalue weighted by Crippen LogP contribution is -2.28. The van der Waals surface area contributed by atoms with Gasteiger partial charge in [-0.25, -0.2) is 4.79 Å². The van der Waals surface area contributed by atoms with Crippen LogP contribution in [0, 0.1) is 0 Å². The number of phenols is 1. The van der Waals surface area contributed by atoms with Crippen molar-refractivity contribution in [2.45, 2.75) is 32.8 Å². The molecule has 23 heavy (non-hydrogen) atoms. The van der Waals surface area contributed by atoms with Crippen molar-refractivity contribution in [2.75, 3.05) is 0 Å². The van der Waals surface area contributed by atoms with Gasteiger partial charge in [0.15, 0.2) is 17.6 Å². The van der Waals surface area contributed by atoms with Crippen molar-refractivity contribution < 1.29 is 39.2 Å². The number of esters is 1. The first-order valence-corrected chi connectivity index (χ1v) is 6.52. The molecule has 0 radical (unpaired) electrons. The third-order valence-corrected chi connectivity index (χ3v) is 2.21. The molecule has 1 aromatic carbocycles.